The van der Waals surface area contributed by atoms with Crippen molar-refractivity contribution in [2.75, 3.05) is 12.9 Å². The lowest BCUT2D eigenvalue weighted by Crippen LogP contribution is -2.59. The van der Waals surface area contributed by atoms with Gasteiger partial charge in [-0.05, 0) is 61.8 Å². The summed E-state index contributed by atoms with van der Waals surface area (Å²) in [5.74, 6) is 0.275. The number of phenolic OH excluding ortho intramolecular Hbond substituents is 1. The molecule has 1 aromatic carbocycles. The topological polar surface area (TPSA) is 63.6 Å². The number of aromatic hydroxyl groups is 1. The van der Waals surface area contributed by atoms with E-state index in [0.29, 0.717) is 4.90 Å². The molecule has 3 aliphatic carbocycles. The van der Waals surface area contributed by atoms with Crippen molar-refractivity contribution in [1.29, 1.82) is 0 Å². The zero-order chi connectivity index (χ0) is 14.4. The smallest absolute Gasteiger partial charge is 0.178 e. The summed E-state index contributed by atoms with van der Waals surface area (Å²) < 4.78 is 30.6. The molecule has 3 fully saturated rings. The highest BCUT2D eigenvalue weighted by Crippen LogP contribution is 2.60. The number of hydrogen-bond donors (Lipinski definition) is 1. The summed E-state index contributed by atoms with van der Waals surface area (Å²) in [5, 5.41) is 9.26. The Balaban J connectivity index is 1.79. The first-order valence-corrected chi connectivity index (χ1v) is 8.61. The van der Waals surface area contributed by atoms with E-state index in [-0.39, 0.29) is 22.5 Å². The highest BCUT2D eigenvalue weighted by Gasteiger charge is 2.58. The summed E-state index contributed by atoms with van der Waals surface area (Å²) in [6.07, 6.45) is 4.76. The molecular weight excluding hydrogens is 276 g/mol. The minimum atomic E-state index is -3.30. The number of rotatable bonds is 4. The van der Waals surface area contributed by atoms with Gasteiger partial charge in [-0.3, -0.25) is 0 Å². The van der Waals surface area contributed by atoms with Gasteiger partial charge in [0.25, 0.3) is 0 Å². The van der Waals surface area contributed by atoms with Gasteiger partial charge in [0, 0.05) is 7.11 Å². The molecule has 20 heavy (non-hydrogen) atoms. The average molecular weight is 296 g/mol. The van der Waals surface area contributed by atoms with Gasteiger partial charge in [0.15, 0.2) is 9.84 Å². The fourth-order valence-electron chi connectivity index (χ4n) is 4.01. The summed E-state index contributed by atoms with van der Waals surface area (Å²) >= 11 is 0. The Labute approximate surface area is 119 Å². The number of phenols is 1. The Bertz CT molecular complexity index is 597. The van der Waals surface area contributed by atoms with Crippen molar-refractivity contribution in [3.05, 3.63) is 24.3 Å². The molecule has 110 valence electrons. The molecule has 0 aliphatic heterocycles. The normalized spacial score (nSPS) is 32.6. The van der Waals surface area contributed by atoms with Crippen molar-refractivity contribution >= 4 is 9.84 Å². The molecule has 0 spiro atoms. The monoisotopic (exact) mass is 296 g/mol. The van der Waals surface area contributed by atoms with Crippen LogP contribution in [-0.2, 0) is 14.6 Å². The van der Waals surface area contributed by atoms with Gasteiger partial charge < -0.3 is 9.84 Å². The molecule has 3 saturated carbocycles. The molecule has 5 heteroatoms. The molecule has 0 heterocycles. The number of methoxy groups -OCH3 is 1. The third-order valence-electron chi connectivity index (χ3n) is 4.86. The van der Waals surface area contributed by atoms with Gasteiger partial charge in [-0.15, -0.1) is 0 Å². The van der Waals surface area contributed by atoms with Crippen LogP contribution in [0.2, 0.25) is 0 Å². The van der Waals surface area contributed by atoms with Gasteiger partial charge in [-0.25, -0.2) is 8.42 Å². The van der Waals surface area contributed by atoms with Gasteiger partial charge in [0.05, 0.1) is 16.2 Å². The second kappa shape index (κ2) is 4.46. The summed E-state index contributed by atoms with van der Waals surface area (Å²) in [7, 11) is -1.57. The minimum absolute atomic E-state index is 0.0667. The quantitative estimate of drug-likeness (QED) is 0.927. The molecule has 0 aromatic heterocycles. The third-order valence-corrected chi connectivity index (χ3v) is 6.84. The van der Waals surface area contributed by atoms with E-state index in [1.54, 1.807) is 7.11 Å². The van der Waals surface area contributed by atoms with Crippen molar-refractivity contribution in [2.45, 2.75) is 42.6 Å². The van der Waals surface area contributed by atoms with Gasteiger partial charge in [-0.2, -0.15) is 0 Å². The molecule has 0 unspecified atom stereocenters. The van der Waals surface area contributed by atoms with Crippen LogP contribution in [0.3, 0.4) is 0 Å². The Morgan fingerprint density at radius 3 is 2.45 bits per heavy atom. The van der Waals surface area contributed by atoms with E-state index in [2.05, 4.69) is 0 Å². The van der Waals surface area contributed by atoms with E-state index >= 15 is 0 Å². The summed E-state index contributed by atoms with van der Waals surface area (Å²) in [4.78, 5) is 0.296. The van der Waals surface area contributed by atoms with E-state index in [9.17, 15) is 13.5 Å². The largest absolute Gasteiger partial charge is 0.508 e. The van der Waals surface area contributed by atoms with Crippen LogP contribution in [0.4, 0.5) is 0 Å². The van der Waals surface area contributed by atoms with Gasteiger partial charge in [0.2, 0.25) is 0 Å². The first-order chi connectivity index (χ1) is 9.39. The molecule has 0 atom stereocenters. The molecule has 1 N–H and O–H groups in total. The Hall–Kier alpha value is -1.07. The summed E-state index contributed by atoms with van der Waals surface area (Å²) in [6.45, 7) is 0. The van der Waals surface area contributed by atoms with Crippen LogP contribution in [0.1, 0.15) is 32.1 Å². The maximum Gasteiger partial charge on any atom is 0.178 e. The minimum Gasteiger partial charge on any atom is -0.508 e. The molecule has 0 radical (unpaired) electrons. The lowest BCUT2D eigenvalue weighted by Gasteiger charge is -2.59. The second-order valence-corrected chi connectivity index (χ2v) is 8.34. The number of ether oxygens (including phenoxy) is 1. The zero-order valence-electron chi connectivity index (χ0n) is 11.6. The van der Waals surface area contributed by atoms with Crippen LogP contribution >= 0.6 is 0 Å². The lowest BCUT2D eigenvalue weighted by atomic mass is 9.52. The Kier molecular flexibility index (Phi) is 3.10. The molecule has 3 aliphatic rings. The van der Waals surface area contributed by atoms with Crippen LogP contribution in [-0.4, -0.2) is 32.0 Å². The first-order valence-electron chi connectivity index (χ1n) is 6.96. The van der Waals surface area contributed by atoms with Crippen molar-refractivity contribution in [1.82, 2.24) is 0 Å². The van der Waals surface area contributed by atoms with Crippen molar-refractivity contribution in [3.63, 3.8) is 0 Å². The fraction of sp³-hybridized carbons (Fsp3) is 0.600. The summed E-state index contributed by atoms with van der Waals surface area (Å²) in [5.41, 5.74) is -0.173. The van der Waals surface area contributed by atoms with Crippen molar-refractivity contribution in [3.8, 4) is 5.75 Å². The van der Waals surface area contributed by atoms with Crippen LogP contribution in [0.15, 0.2) is 29.2 Å². The van der Waals surface area contributed by atoms with Crippen molar-refractivity contribution in [2.24, 2.45) is 5.41 Å². The third kappa shape index (κ3) is 2.23. The molecule has 0 amide bonds. The van der Waals surface area contributed by atoms with E-state index in [4.69, 9.17) is 4.74 Å². The Morgan fingerprint density at radius 2 is 1.85 bits per heavy atom. The average Bonchev–Trinajstić information content (AvgIpc) is 2.38. The molecule has 4 rings (SSSR count). The van der Waals surface area contributed by atoms with Crippen LogP contribution in [0, 0.1) is 5.41 Å². The van der Waals surface area contributed by atoms with Crippen LogP contribution in [0.25, 0.3) is 0 Å². The van der Waals surface area contributed by atoms with Gasteiger partial charge in [0.1, 0.15) is 5.75 Å². The molecule has 4 nitrogen and oxygen atoms in total. The van der Waals surface area contributed by atoms with Gasteiger partial charge in [-0.1, -0.05) is 0 Å². The first kappa shape index (κ1) is 13.9. The van der Waals surface area contributed by atoms with Crippen LogP contribution < -0.4 is 0 Å². The maximum atomic E-state index is 12.5. The number of hydrogen-bond acceptors (Lipinski definition) is 4. The molecule has 0 saturated heterocycles. The van der Waals surface area contributed by atoms with Gasteiger partial charge >= 0.3 is 0 Å². The zero-order valence-corrected chi connectivity index (χ0v) is 12.4. The predicted molar refractivity (Wildman–Crippen MR) is 75.4 cm³/mol. The Morgan fingerprint density at radius 1 is 1.20 bits per heavy atom. The molecule has 2 bridgehead atoms. The van der Waals surface area contributed by atoms with E-state index in [1.165, 1.54) is 24.3 Å². The van der Waals surface area contributed by atoms with E-state index < -0.39 is 9.84 Å². The lowest BCUT2D eigenvalue weighted by molar-refractivity contribution is -0.176. The molecule has 1 aromatic rings. The predicted octanol–water partition coefficient (Wildman–Crippen LogP) is 2.52. The van der Waals surface area contributed by atoms with Crippen molar-refractivity contribution < 1.29 is 18.3 Å². The van der Waals surface area contributed by atoms with Crippen LogP contribution in [0.5, 0.6) is 5.75 Å². The number of benzene rings is 1. The summed E-state index contributed by atoms with van der Waals surface area (Å²) in [6, 6.07) is 5.80. The SMILES string of the molecule is COC12CCCC(CS(=O)(=O)c3ccc(O)cc3)(C1)C2. The number of sulfone groups is 1. The highest BCUT2D eigenvalue weighted by molar-refractivity contribution is 7.91. The van der Waals surface area contributed by atoms with E-state index in [0.717, 1.165) is 32.1 Å². The second-order valence-electron chi connectivity index (χ2n) is 6.35. The molecular formula is C15H20O4S. The fourth-order valence-corrected chi connectivity index (χ4v) is 5.89. The standard InChI is InChI=1S/C15H20O4S/c1-19-15-8-2-7-14(9-15,10-15)11-20(17,18)13-5-3-12(16)4-6-13/h3-6,16H,2,7-11H2,1H3. The number of fused-ring (bicyclic) bond motifs is 2. The van der Waals surface area contributed by atoms with E-state index in [1.807, 2.05) is 0 Å². The highest BCUT2D eigenvalue weighted by atomic mass is 32.2. The maximum absolute atomic E-state index is 12.5.